The number of imidazole rings is 1. The Morgan fingerprint density at radius 1 is 1.46 bits per heavy atom. The molecule has 13 heavy (non-hydrogen) atoms. The third-order valence-corrected chi connectivity index (χ3v) is 2.06. The molecule has 0 aliphatic heterocycles. The Kier molecular flexibility index (Phi) is 1.62. The van der Waals surface area contributed by atoms with E-state index < -0.39 is 0 Å². The first-order chi connectivity index (χ1) is 6.20. The number of hydrogen-bond acceptors (Lipinski definition) is 3. The molecular weight excluding hydrogens is 168 g/mol. The molecule has 0 spiro atoms. The molecule has 0 amide bonds. The van der Waals surface area contributed by atoms with Gasteiger partial charge in [0.15, 0.2) is 5.76 Å². The van der Waals surface area contributed by atoms with Crippen molar-refractivity contribution in [2.24, 2.45) is 0 Å². The number of rotatable bonds is 1. The number of hydrogen-bond donors (Lipinski definition) is 1. The lowest BCUT2D eigenvalue weighted by Gasteiger charge is -1.96. The fourth-order valence-corrected chi connectivity index (χ4v) is 1.16. The van der Waals surface area contributed by atoms with Gasteiger partial charge in [0.25, 0.3) is 0 Å². The highest BCUT2D eigenvalue weighted by Gasteiger charge is 2.13. The Balaban J connectivity index is 2.59. The number of aryl methyl sites for hydroxylation is 1. The van der Waals surface area contributed by atoms with Crippen LogP contribution in [-0.4, -0.2) is 14.9 Å². The lowest BCUT2D eigenvalue weighted by Crippen LogP contribution is -1.95. The van der Waals surface area contributed by atoms with E-state index in [0.29, 0.717) is 11.6 Å². The summed E-state index contributed by atoms with van der Waals surface area (Å²) < 4.78 is 6.16. The summed E-state index contributed by atoms with van der Waals surface area (Å²) in [6, 6.07) is 3.52. The van der Waals surface area contributed by atoms with Crippen LogP contribution in [0.1, 0.15) is 11.4 Å². The van der Waals surface area contributed by atoms with Crippen molar-refractivity contribution in [2.45, 2.75) is 13.8 Å². The number of furan rings is 1. The predicted molar refractivity (Wildman–Crippen MR) is 46.6 cm³/mol. The molecule has 0 atom stereocenters. The van der Waals surface area contributed by atoms with Crippen LogP contribution >= 0.6 is 0 Å². The van der Waals surface area contributed by atoms with Gasteiger partial charge < -0.3 is 9.62 Å². The molecule has 0 aromatic carbocycles. The van der Waals surface area contributed by atoms with Gasteiger partial charge in [0, 0.05) is 0 Å². The van der Waals surface area contributed by atoms with Gasteiger partial charge in [-0.25, -0.2) is 4.98 Å². The molecule has 68 valence electrons. The normalized spacial score (nSPS) is 10.6. The third kappa shape index (κ3) is 1.11. The lowest BCUT2D eigenvalue weighted by atomic mass is 10.4. The average Bonchev–Trinajstić information content (AvgIpc) is 2.70. The zero-order valence-corrected chi connectivity index (χ0v) is 7.48. The highest BCUT2D eigenvalue weighted by Crippen LogP contribution is 2.20. The molecular formula is C9H10N2O2. The number of aromatic nitrogens is 2. The first kappa shape index (κ1) is 7.91. The van der Waals surface area contributed by atoms with Crippen molar-refractivity contribution < 1.29 is 9.62 Å². The molecule has 0 saturated carbocycles. The van der Waals surface area contributed by atoms with E-state index in [1.165, 1.54) is 0 Å². The van der Waals surface area contributed by atoms with E-state index in [1.807, 2.05) is 6.92 Å². The van der Waals surface area contributed by atoms with Crippen LogP contribution in [0.15, 0.2) is 22.8 Å². The second kappa shape index (κ2) is 2.65. The van der Waals surface area contributed by atoms with Crippen molar-refractivity contribution in [1.29, 1.82) is 0 Å². The van der Waals surface area contributed by atoms with Crippen LogP contribution in [0.3, 0.4) is 0 Å². The average molecular weight is 178 g/mol. The highest BCUT2D eigenvalue weighted by atomic mass is 16.5. The van der Waals surface area contributed by atoms with Crippen LogP contribution < -0.4 is 0 Å². The Morgan fingerprint density at radius 2 is 2.23 bits per heavy atom. The summed E-state index contributed by atoms with van der Waals surface area (Å²) in [6.45, 7) is 3.64. The van der Waals surface area contributed by atoms with Crippen LogP contribution in [-0.2, 0) is 0 Å². The van der Waals surface area contributed by atoms with E-state index >= 15 is 0 Å². The Morgan fingerprint density at radius 3 is 2.69 bits per heavy atom. The van der Waals surface area contributed by atoms with Crippen molar-refractivity contribution in [2.75, 3.05) is 0 Å². The molecule has 1 N–H and O–H groups in total. The van der Waals surface area contributed by atoms with E-state index in [1.54, 1.807) is 25.3 Å². The highest BCUT2D eigenvalue weighted by molar-refractivity contribution is 5.48. The minimum absolute atomic E-state index is 0.444. The summed E-state index contributed by atoms with van der Waals surface area (Å²) in [4.78, 5) is 4.17. The zero-order chi connectivity index (χ0) is 9.42. The molecule has 4 nitrogen and oxygen atoms in total. The van der Waals surface area contributed by atoms with Gasteiger partial charge in [-0.15, -0.1) is 0 Å². The Bertz CT molecular complexity index is 415. The standard InChI is InChI=1S/C9H10N2O2/c1-6-7(2)11(12)9(10-6)8-4-3-5-13-8/h3-5,12H,1-2H3. The van der Waals surface area contributed by atoms with Gasteiger partial charge in [0.1, 0.15) is 0 Å². The fourth-order valence-electron chi connectivity index (χ4n) is 1.16. The Labute approximate surface area is 75.4 Å². The molecule has 0 bridgehead atoms. The minimum atomic E-state index is 0.444. The third-order valence-electron chi connectivity index (χ3n) is 2.06. The molecule has 2 aromatic heterocycles. The van der Waals surface area contributed by atoms with E-state index in [9.17, 15) is 5.21 Å². The zero-order valence-electron chi connectivity index (χ0n) is 7.48. The molecule has 0 unspecified atom stereocenters. The first-order valence-electron chi connectivity index (χ1n) is 3.99. The first-order valence-corrected chi connectivity index (χ1v) is 3.99. The summed E-state index contributed by atoms with van der Waals surface area (Å²) in [7, 11) is 0. The van der Waals surface area contributed by atoms with Gasteiger partial charge in [-0.2, -0.15) is 4.73 Å². The van der Waals surface area contributed by atoms with Gasteiger partial charge in [-0.1, -0.05) is 0 Å². The second-order valence-corrected chi connectivity index (χ2v) is 2.90. The smallest absolute Gasteiger partial charge is 0.211 e. The van der Waals surface area contributed by atoms with Crippen molar-refractivity contribution >= 4 is 0 Å². The van der Waals surface area contributed by atoms with Crippen LogP contribution in [0, 0.1) is 13.8 Å². The summed E-state index contributed by atoms with van der Waals surface area (Å²) in [5.41, 5.74) is 1.53. The van der Waals surface area contributed by atoms with Crippen molar-refractivity contribution in [3.63, 3.8) is 0 Å². The van der Waals surface area contributed by atoms with Crippen molar-refractivity contribution in [3.05, 3.63) is 29.8 Å². The van der Waals surface area contributed by atoms with Crippen LogP contribution in [0.5, 0.6) is 0 Å². The van der Waals surface area contributed by atoms with Crippen molar-refractivity contribution in [1.82, 2.24) is 9.71 Å². The molecule has 2 heterocycles. The van der Waals surface area contributed by atoms with E-state index in [4.69, 9.17) is 4.42 Å². The quantitative estimate of drug-likeness (QED) is 0.679. The van der Waals surface area contributed by atoms with Crippen LogP contribution in [0.2, 0.25) is 0 Å². The second-order valence-electron chi connectivity index (χ2n) is 2.90. The van der Waals surface area contributed by atoms with Gasteiger partial charge >= 0.3 is 0 Å². The van der Waals surface area contributed by atoms with Gasteiger partial charge in [0.2, 0.25) is 5.82 Å². The molecule has 0 fully saturated rings. The van der Waals surface area contributed by atoms with Crippen molar-refractivity contribution in [3.8, 4) is 11.6 Å². The minimum Gasteiger partial charge on any atom is -0.461 e. The molecule has 0 aliphatic carbocycles. The van der Waals surface area contributed by atoms with Gasteiger partial charge in [0.05, 0.1) is 17.7 Å². The molecule has 2 rings (SSSR count). The molecule has 0 radical (unpaired) electrons. The molecule has 2 aromatic rings. The van der Waals surface area contributed by atoms with E-state index in [2.05, 4.69) is 4.98 Å². The maximum atomic E-state index is 9.58. The van der Waals surface area contributed by atoms with E-state index in [-0.39, 0.29) is 0 Å². The van der Waals surface area contributed by atoms with Gasteiger partial charge in [-0.3, -0.25) is 0 Å². The maximum absolute atomic E-state index is 9.58. The monoisotopic (exact) mass is 178 g/mol. The summed E-state index contributed by atoms with van der Waals surface area (Å²) in [5.74, 6) is 1.01. The molecule has 0 saturated heterocycles. The molecule has 0 aliphatic rings. The topological polar surface area (TPSA) is 51.2 Å². The van der Waals surface area contributed by atoms with E-state index in [0.717, 1.165) is 16.1 Å². The summed E-state index contributed by atoms with van der Waals surface area (Å²) in [5, 5.41) is 9.58. The van der Waals surface area contributed by atoms with Crippen LogP contribution in [0.4, 0.5) is 0 Å². The van der Waals surface area contributed by atoms with Crippen LogP contribution in [0.25, 0.3) is 11.6 Å². The molecule has 4 heteroatoms. The summed E-state index contributed by atoms with van der Waals surface area (Å²) >= 11 is 0. The predicted octanol–water partition coefficient (Wildman–Crippen LogP) is 2.00. The lowest BCUT2D eigenvalue weighted by molar-refractivity contribution is 0.182. The Hall–Kier alpha value is -1.71. The SMILES string of the molecule is Cc1nc(-c2ccco2)n(O)c1C. The van der Waals surface area contributed by atoms with Gasteiger partial charge in [-0.05, 0) is 26.0 Å². The summed E-state index contributed by atoms with van der Waals surface area (Å²) in [6.07, 6.45) is 1.55. The fraction of sp³-hybridized carbons (Fsp3) is 0.222. The largest absolute Gasteiger partial charge is 0.461 e. The maximum Gasteiger partial charge on any atom is 0.211 e. The number of nitrogens with zero attached hydrogens (tertiary/aromatic N) is 2.